The molecule has 0 saturated carbocycles. The van der Waals surface area contributed by atoms with Crippen LogP contribution in [-0.2, 0) is 9.84 Å². The van der Waals surface area contributed by atoms with Gasteiger partial charge >= 0.3 is 0 Å². The van der Waals surface area contributed by atoms with E-state index in [0.717, 1.165) is 6.07 Å². The summed E-state index contributed by atoms with van der Waals surface area (Å²) in [6.45, 7) is 4.62. The van der Waals surface area contributed by atoms with Crippen LogP contribution in [0.15, 0.2) is 52.0 Å². The lowest BCUT2D eigenvalue weighted by molar-refractivity contribution is -0.0108. The van der Waals surface area contributed by atoms with Crippen LogP contribution in [0.3, 0.4) is 0 Å². The topological polar surface area (TPSA) is 94.8 Å². The van der Waals surface area contributed by atoms with Gasteiger partial charge in [0.05, 0.1) is 15.9 Å². The summed E-state index contributed by atoms with van der Waals surface area (Å²) >= 11 is 0. The third-order valence-corrected chi connectivity index (χ3v) is 5.85. The van der Waals surface area contributed by atoms with E-state index in [1.54, 1.807) is 13.8 Å². The van der Waals surface area contributed by atoms with Crippen molar-refractivity contribution in [2.24, 2.45) is 5.41 Å². The highest BCUT2D eigenvalue weighted by Crippen LogP contribution is 2.44. The number of phenols is 1. The minimum atomic E-state index is -3.98. The van der Waals surface area contributed by atoms with Crippen molar-refractivity contribution in [3.05, 3.63) is 47.1 Å². The van der Waals surface area contributed by atoms with Crippen LogP contribution < -0.4 is 0 Å². The highest BCUT2D eigenvalue weighted by molar-refractivity contribution is 7.95. The van der Waals surface area contributed by atoms with Gasteiger partial charge < -0.3 is 15.3 Å². The summed E-state index contributed by atoms with van der Waals surface area (Å²) in [4.78, 5) is -0.393. The molecular weight excluding hydrogens is 292 g/mol. The van der Waals surface area contributed by atoms with Gasteiger partial charge in [0.25, 0.3) is 0 Å². The van der Waals surface area contributed by atoms with Crippen molar-refractivity contribution >= 4 is 9.84 Å². The van der Waals surface area contributed by atoms with Gasteiger partial charge in [-0.15, -0.1) is 0 Å². The quantitative estimate of drug-likeness (QED) is 0.779. The zero-order valence-corrected chi connectivity index (χ0v) is 12.8. The molecule has 0 fully saturated rings. The van der Waals surface area contributed by atoms with Gasteiger partial charge in [-0.05, 0) is 45.0 Å². The van der Waals surface area contributed by atoms with Gasteiger partial charge in [0.2, 0.25) is 9.84 Å². The van der Waals surface area contributed by atoms with E-state index in [-0.39, 0.29) is 15.6 Å². The van der Waals surface area contributed by atoms with E-state index in [0.29, 0.717) is 0 Å². The molecule has 1 aliphatic carbocycles. The third-order valence-electron chi connectivity index (χ3n) is 4.07. The maximum atomic E-state index is 12.6. The Kier molecular flexibility index (Phi) is 3.42. The Morgan fingerprint density at radius 2 is 1.71 bits per heavy atom. The number of aliphatic hydroxyl groups is 2. The number of sulfone groups is 1. The molecule has 6 heteroatoms. The molecule has 0 aromatic heterocycles. The van der Waals surface area contributed by atoms with E-state index in [4.69, 9.17) is 0 Å². The molecule has 0 bridgehead atoms. The molecule has 0 aliphatic heterocycles. The number of hydrogen-bond donors (Lipinski definition) is 3. The molecule has 0 spiro atoms. The van der Waals surface area contributed by atoms with Crippen LogP contribution in [0.25, 0.3) is 0 Å². The summed E-state index contributed by atoms with van der Waals surface area (Å²) in [5.74, 6) is -0.583. The van der Waals surface area contributed by atoms with Crippen LogP contribution in [0.5, 0.6) is 5.75 Å². The smallest absolute Gasteiger partial charge is 0.210 e. The summed E-state index contributed by atoms with van der Waals surface area (Å²) in [5, 5.41) is 30.0. The summed E-state index contributed by atoms with van der Waals surface area (Å²) in [7, 11) is -3.98. The number of hydrogen-bond acceptors (Lipinski definition) is 5. The SMILES string of the molecule is CC1(O)C=CC(S(=O)(=O)c2cccc(O)c2)=C(O)C1(C)C. The Hall–Kier alpha value is -1.79. The van der Waals surface area contributed by atoms with E-state index >= 15 is 0 Å². The van der Waals surface area contributed by atoms with Crippen LogP contribution in [0.1, 0.15) is 20.8 Å². The molecule has 0 heterocycles. The van der Waals surface area contributed by atoms with Crippen LogP contribution in [0, 0.1) is 5.41 Å². The molecule has 1 aromatic carbocycles. The van der Waals surface area contributed by atoms with E-state index in [1.807, 2.05) is 0 Å². The second kappa shape index (κ2) is 4.61. The number of allylic oxidation sites excluding steroid dienone is 1. The molecular formula is C15H18O5S. The fourth-order valence-electron chi connectivity index (χ4n) is 2.07. The Balaban J connectivity index is 2.64. The predicted molar refractivity (Wildman–Crippen MR) is 78.5 cm³/mol. The number of aliphatic hydroxyl groups excluding tert-OH is 1. The molecule has 21 heavy (non-hydrogen) atoms. The largest absolute Gasteiger partial charge is 0.510 e. The fraction of sp³-hybridized carbons (Fsp3) is 0.333. The van der Waals surface area contributed by atoms with E-state index in [1.165, 1.54) is 37.3 Å². The zero-order chi connectivity index (χ0) is 16.1. The minimum Gasteiger partial charge on any atom is -0.510 e. The summed E-state index contributed by atoms with van der Waals surface area (Å²) < 4.78 is 25.2. The van der Waals surface area contributed by atoms with Crippen LogP contribution >= 0.6 is 0 Å². The number of rotatable bonds is 2. The number of benzene rings is 1. The molecule has 114 valence electrons. The fourth-order valence-corrected chi connectivity index (χ4v) is 3.61. The van der Waals surface area contributed by atoms with Crippen LogP contribution in [0.4, 0.5) is 0 Å². The predicted octanol–water partition coefficient (Wildman–Crippen LogP) is 2.28. The zero-order valence-electron chi connectivity index (χ0n) is 12.0. The van der Waals surface area contributed by atoms with Gasteiger partial charge in [-0.3, -0.25) is 0 Å². The Morgan fingerprint density at radius 3 is 2.29 bits per heavy atom. The first-order valence-corrected chi connectivity index (χ1v) is 7.88. The first-order chi connectivity index (χ1) is 9.50. The summed E-state index contributed by atoms with van der Waals surface area (Å²) in [6, 6.07) is 5.22. The molecule has 1 unspecified atom stereocenters. The van der Waals surface area contributed by atoms with Gasteiger partial charge in [-0.25, -0.2) is 8.42 Å². The maximum Gasteiger partial charge on any atom is 0.210 e. The molecule has 1 aliphatic rings. The van der Waals surface area contributed by atoms with Crippen molar-refractivity contribution in [2.45, 2.75) is 31.3 Å². The summed E-state index contributed by atoms with van der Waals surface area (Å²) in [5.41, 5.74) is -2.52. The Bertz CT molecular complexity index is 739. The maximum absolute atomic E-state index is 12.6. The van der Waals surface area contributed by atoms with Crippen molar-refractivity contribution in [3.8, 4) is 5.75 Å². The molecule has 1 aromatic rings. The normalized spacial score (nSPS) is 25.1. The highest BCUT2D eigenvalue weighted by atomic mass is 32.2. The highest BCUT2D eigenvalue weighted by Gasteiger charge is 2.46. The standard InChI is InChI=1S/C15H18O5S/c1-14(2)13(17)12(7-8-15(14,3)18)21(19,20)11-6-4-5-10(16)9-11/h4-9,16-18H,1-3H3. The van der Waals surface area contributed by atoms with Gasteiger partial charge in [0.1, 0.15) is 16.4 Å². The Morgan fingerprint density at radius 1 is 1.10 bits per heavy atom. The van der Waals surface area contributed by atoms with Crippen molar-refractivity contribution in [1.29, 1.82) is 0 Å². The molecule has 5 nitrogen and oxygen atoms in total. The van der Waals surface area contributed by atoms with Gasteiger partial charge in [0, 0.05) is 0 Å². The van der Waals surface area contributed by atoms with Crippen molar-refractivity contribution in [2.75, 3.05) is 0 Å². The third kappa shape index (κ3) is 2.34. The lowest BCUT2D eigenvalue weighted by Crippen LogP contribution is -2.44. The molecule has 2 rings (SSSR count). The van der Waals surface area contributed by atoms with Crippen molar-refractivity contribution in [3.63, 3.8) is 0 Å². The molecule has 1 atom stereocenters. The lowest BCUT2D eigenvalue weighted by atomic mass is 9.72. The van der Waals surface area contributed by atoms with Crippen molar-refractivity contribution < 1.29 is 23.7 Å². The second-order valence-corrected chi connectivity index (χ2v) is 7.74. The monoisotopic (exact) mass is 310 g/mol. The molecule has 3 N–H and O–H groups in total. The van der Waals surface area contributed by atoms with Gasteiger partial charge in [-0.2, -0.15) is 0 Å². The van der Waals surface area contributed by atoms with Gasteiger partial charge in [-0.1, -0.05) is 12.1 Å². The molecule has 0 radical (unpaired) electrons. The average Bonchev–Trinajstić information content (AvgIpc) is 2.36. The molecule has 0 saturated heterocycles. The van der Waals surface area contributed by atoms with E-state index in [9.17, 15) is 23.7 Å². The molecule has 0 amide bonds. The van der Waals surface area contributed by atoms with Crippen LogP contribution in [-0.4, -0.2) is 29.3 Å². The van der Waals surface area contributed by atoms with E-state index in [2.05, 4.69) is 0 Å². The first kappa shape index (κ1) is 15.6. The van der Waals surface area contributed by atoms with E-state index < -0.39 is 26.6 Å². The lowest BCUT2D eigenvalue weighted by Gasteiger charge is -2.40. The van der Waals surface area contributed by atoms with Gasteiger partial charge in [0.15, 0.2) is 0 Å². The number of phenolic OH excluding ortho intramolecular Hbond substituents is 1. The number of aromatic hydroxyl groups is 1. The Labute approximate surface area is 123 Å². The van der Waals surface area contributed by atoms with Crippen molar-refractivity contribution in [1.82, 2.24) is 0 Å². The average molecular weight is 310 g/mol. The minimum absolute atomic E-state index is 0.119. The first-order valence-electron chi connectivity index (χ1n) is 6.39. The van der Waals surface area contributed by atoms with Crippen LogP contribution in [0.2, 0.25) is 0 Å². The summed E-state index contributed by atoms with van der Waals surface area (Å²) in [6.07, 6.45) is 2.54. The second-order valence-electron chi connectivity index (χ2n) is 5.82.